The fourth-order valence-corrected chi connectivity index (χ4v) is 5.33. The van der Waals surface area contributed by atoms with Crippen LogP contribution in [0.2, 0.25) is 0 Å². The molecule has 0 amide bonds. The molecule has 0 radical (unpaired) electrons. The molecule has 1 unspecified atom stereocenters. The monoisotopic (exact) mass is 326 g/mol. The largest absolute Gasteiger partial charge is 0.314 e. The van der Waals surface area contributed by atoms with E-state index >= 15 is 0 Å². The average molecular weight is 326 g/mol. The Morgan fingerprint density at radius 2 is 1.95 bits per heavy atom. The summed E-state index contributed by atoms with van der Waals surface area (Å²) in [6.45, 7) is 3.84. The van der Waals surface area contributed by atoms with Crippen LogP contribution in [0, 0.1) is 18.7 Å². The summed E-state index contributed by atoms with van der Waals surface area (Å²) in [6, 6.07) is 4.50. The van der Waals surface area contributed by atoms with Gasteiger partial charge < -0.3 is 5.32 Å². The molecule has 1 atom stereocenters. The molecule has 3 rings (SSSR count). The van der Waals surface area contributed by atoms with Gasteiger partial charge in [-0.05, 0) is 62.8 Å². The van der Waals surface area contributed by atoms with E-state index in [1.54, 1.807) is 6.92 Å². The number of nitrogens with zero attached hydrogens (tertiary/aromatic N) is 1. The lowest BCUT2D eigenvalue weighted by molar-refractivity contribution is 0.234. The van der Waals surface area contributed by atoms with Crippen molar-refractivity contribution in [2.75, 3.05) is 19.6 Å². The molecule has 0 saturated carbocycles. The molecular weight excluding hydrogens is 303 g/mol. The molecule has 0 spiro atoms. The molecule has 2 saturated heterocycles. The maximum absolute atomic E-state index is 13.4. The minimum absolute atomic E-state index is 0.102. The molecule has 4 nitrogen and oxygen atoms in total. The Morgan fingerprint density at radius 1 is 1.23 bits per heavy atom. The van der Waals surface area contributed by atoms with Crippen molar-refractivity contribution in [3.8, 4) is 0 Å². The number of piperidine rings is 1. The van der Waals surface area contributed by atoms with E-state index in [-0.39, 0.29) is 4.90 Å². The van der Waals surface area contributed by atoms with Crippen molar-refractivity contribution >= 4 is 10.0 Å². The van der Waals surface area contributed by atoms with Crippen LogP contribution in [0.3, 0.4) is 0 Å². The van der Waals surface area contributed by atoms with E-state index in [0.717, 1.165) is 25.5 Å². The molecule has 1 N–H and O–H groups in total. The second-order valence-electron chi connectivity index (χ2n) is 6.35. The van der Waals surface area contributed by atoms with Crippen LogP contribution in [0.1, 0.15) is 31.2 Å². The van der Waals surface area contributed by atoms with E-state index in [9.17, 15) is 12.8 Å². The summed E-state index contributed by atoms with van der Waals surface area (Å²) < 4.78 is 40.4. The number of rotatable bonds is 3. The van der Waals surface area contributed by atoms with Crippen LogP contribution in [0.25, 0.3) is 0 Å². The van der Waals surface area contributed by atoms with Gasteiger partial charge in [-0.15, -0.1) is 0 Å². The lowest BCUT2D eigenvalue weighted by Gasteiger charge is -2.34. The fourth-order valence-electron chi connectivity index (χ4n) is 3.62. The summed E-state index contributed by atoms with van der Waals surface area (Å²) >= 11 is 0. The number of aryl methyl sites for hydroxylation is 1. The normalized spacial score (nSPS) is 24.7. The molecule has 1 aromatic rings. The predicted molar refractivity (Wildman–Crippen MR) is 83.6 cm³/mol. The minimum Gasteiger partial charge on any atom is -0.314 e. The van der Waals surface area contributed by atoms with Gasteiger partial charge in [-0.1, -0.05) is 6.07 Å². The predicted octanol–water partition coefficient (Wildman–Crippen LogP) is 2.29. The topological polar surface area (TPSA) is 49.4 Å². The van der Waals surface area contributed by atoms with Crippen LogP contribution in [-0.4, -0.2) is 38.4 Å². The molecule has 0 aromatic heterocycles. The van der Waals surface area contributed by atoms with E-state index in [4.69, 9.17) is 0 Å². The zero-order valence-electron chi connectivity index (χ0n) is 12.9. The molecule has 2 fully saturated rings. The van der Waals surface area contributed by atoms with Crippen molar-refractivity contribution in [2.24, 2.45) is 5.92 Å². The van der Waals surface area contributed by atoms with E-state index in [0.29, 0.717) is 30.6 Å². The molecule has 22 heavy (non-hydrogen) atoms. The van der Waals surface area contributed by atoms with E-state index < -0.39 is 15.8 Å². The van der Waals surface area contributed by atoms with E-state index in [2.05, 4.69) is 5.32 Å². The van der Waals surface area contributed by atoms with Crippen molar-refractivity contribution in [1.82, 2.24) is 9.62 Å². The Labute approximate surface area is 131 Å². The number of benzene rings is 1. The van der Waals surface area contributed by atoms with Gasteiger partial charge in [-0.2, -0.15) is 4.31 Å². The Balaban J connectivity index is 1.73. The average Bonchev–Trinajstić information content (AvgIpc) is 3.04. The highest BCUT2D eigenvalue weighted by Gasteiger charge is 2.34. The third-order valence-electron chi connectivity index (χ3n) is 4.93. The second-order valence-corrected chi connectivity index (χ2v) is 8.26. The third-order valence-corrected chi connectivity index (χ3v) is 6.97. The minimum atomic E-state index is -3.59. The molecule has 0 aliphatic carbocycles. The zero-order chi connectivity index (χ0) is 15.7. The summed E-state index contributed by atoms with van der Waals surface area (Å²) in [5.41, 5.74) is 0.598. The molecule has 2 aliphatic heterocycles. The van der Waals surface area contributed by atoms with Crippen LogP contribution < -0.4 is 5.32 Å². The van der Waals surface area contributed by atoms with Crippen LogP contribution >= 0.6 is 0 Å². The number of hydrogen-bond donors (Lipinski definition) is 1. The van der Waals surface area contributed by atoms with Gasteiger partial charge in [0.05, 0.1) is 4.90 Å². The molecule has 6 heteroatoms. The highest BCUT2D eigenvalue weighted by atomic mass is 32.2. The zero-order valence-corrected chi connectivity index (χ0v) is 13.7. The number of hydrogen-bond acceptors (Lipinski definition) is 3. The summed E-state index contributed by atoms with van der Waals surface area (Å²) in [6.07, 6.45) is 4.17. The van der Waals surface area contributed by atoms with Gasteiger partial charge in [0.25, 0.3) is 0 Å². The Hall–Kier alpha value is -0.980. The fraction of sp³-hybridized carbons (Fsp3) is 0.625. The quantitative estimate of drug-likeness (QED) is 0.927. The summed E-state index contributed by atoms with van der Waals surface area (Å²) in [4.78, 5) is 0.102. The first-order valence-electron chi connectivity index (χ1n) is 7.98. The van der Waals surface area contributed by atoms with Crippen molar-refractivity contribution in [2.45, 2.75) is 43.5 Å². The smallest absolute Gasteiger partial charge is 0.243 e. The van der Waals surface area contributed by atoms with Crippen molar-refractivity contribution in [3.63, 3.8) is 0 Å². The first-order valence-corrected chi connectivity index (χ1v) is 9.42. The molecule has 2 aliphatic rings. The van der Waals surface area contributed by atoms with Gasteiger partial charge in [-0.25, -0.2) is 12.8 Å². The molecular formula is C16H23FN2O2S. The second kappa shape index (κ2) is 6.26. The SMILES string of the molecule is Cc1ccc(F)cc1S(=O)(=O)N1CCC(C2CCCN2)CC1. The van der Waals surface area contributed by atoms with Crippen molar-refractivity contribution in [3.05, 3.63) is 29.6 Å². The lowest BCUT2D eigenvalue weighted by Crippen LogP contribution is -2.43. The van der Waals surface area contributed by atoms with Crippen LogP contribution in [0.15, 0.2) is 23.1 Å². The van der Waals surface area contributed by atoms with Crippen molar-refractivity contribution < 1.29 is 12.8 Å². The van der Waals surface area contributed by atoms with Gasteiger partial charge in [0.2, 0.25) is 10.0 Å². The number of halogens is 1. The molecule has 122 valence electrons. The van der Waals surface area contributed by atoms with Crippen LogP contribution in [-0.2, 0) is 10.0 Å². The van der Waals surface area contributed by atoms with Gasteiger partial charge >= 0.3 is 0 Å². The first-order chi connectivity index (χ1) is 10.5. The van der Waals surface area contributed by atoms with Gasteiger partial charge in [0.15, 0.2) is 0 Å². The maximum atomic E-state index is 13.4. The summed E-state index contributed by atoms with van der Waals surface area (Å²) in [7, 11) is -3.59. The van der Waals surface area contributed by atoms with Crippen molar-refractivity contribution in [1.29, 1.82) is 0 Å². The number of nitrogens with one attached hydrogen (secondary N) is 1. The molecule has 2 heterocycles. The van der Waals surface area contributed by atoms with E-state index in [1.807, 2.05) is 0 Å². The standard InChI is InChI=1S/C16H23FN2O2S/c1-12-4-5-14(17)11-16(12)22(20,21)19-9-6-13(7-10-19)15-3-2-8-18-15/h4-5,11,13,15,18H,2-3,6-10H2,1H3. The maximum Gasteiger partial charge on any atom is 0.243 e. The highest BCUT2D eigenvalue weighted by Crippen LogP contribution is 2.29. The van der Waals surface area contributed by atoms with Gasteiger partial charge in [-0.3, -0.25) is 0 Å². The van der Waals surface area contributed by atoms with Crippen LogP contribution in [0.4, 0.5) is 4.39 Å². The third kappa shape index (κ3) is 3.05. The van der Waals surface area contributed by atoms with Crippen LogP contribution in [0.5, 0.6) is 0 Å². The van der Waals surface area contributed by atoms with E-state index in [1.165, 1.54) is 29.3 Å². The van der Waals surface area contributed by atoms with Gasteiger partial charge in [0, 0.05) is 19.1 Å². The Kier molecular flexibility index (Phi) is 4.52. The molecule has 1 aromatic carbocycles. The van der Waals surface area contributed by atoms with Gasteiger partial charge in [0.1, 0.15) is 5.82 Å². The Bertz CT molecular complexity index is 634. The lowest BCUT2D eigenvalue weighted by atomic mass is 9.89. The number of sulfonamides is 1. The first kappa shape index (κ1) is 15.9. The highest BCUT2D eigenvalue weighted by molar-refractivity contribution is 7.89. The summed E-state index contributed by atoms with van der Waals surface area (Å²) in [5.74, 6) is 0.0526. The molecule has 0 bridgehead atoms. The summed E-state index contributed by atoms with van der Waals surface area (Å²) in [5, 5.41) is 3.51. The Morgan fingerprint density at radius 3 is 2.59 bits per heavy atom.